The quantitative estimate of drug-likeness (QED) is 0.622. The molecule has 0 radical (unpaired) electrons. The molecule has 33 heavy (non-hydrogen) atoms. The number of hydrogen-bond acceptors (Lipinski definition) is 7. The van der Waals surface area contributed by atoms with Crippen molar-refractivity contribution in [2.45, 2.75) is 61.9 Å². The van der Waals surface area contributed by atoms with Crippen LogP contribution in [0.5, 0.6) is 5.75 Å². The van der Waals surface area contributed by atoms with Gasteiger partial charge in [-0.25, -0.2) is 0 Å². The van der Waals surface area contributed by atoms with Crippen LogP contribution in [0.3, 0.4) is 0 Å². The van der Waals surface area contributed by atoms with Gasteiger partial charge in [0.25, 0.3) is 0 Å². The lowest BCUT2D eigenvalue weighted by Gasteiger charge is -2.42. The molecule has 0 saturated carbocycles. The molecule has 0 bridgehead atoms. The van der Waals surface area contributed by atoms with E-state index in [1.807, 2.05) is 0 Å². The van der Waals surface area contributed by atoms with Gasteiger partial charge in [0.05, 0.1) is 25.4 Å². The fourth-order valence-corrected chi connectivity index (χ4v) is 3.89. The Bertz CT molecular complexity index is 875. The van der Waals surface area contributed by atoms with E-state index in [0.717, 1.165) is 19.2 Å². The second-order valence-corrected chi connectivity index (χ2v) is 8.06. The van der Waals surface area contributed by atoms with E-state index in [0.29, 0.717) is 11.9 Å². The standard InChI is InChI=1S/C20H24F6N2O5/c1-28(2)13-7-12-14(27-13)15(29)16(30)17(33-12)18(20(24,25)26)32-8-9-4-5-11(31-3)10(6-9)19(21,22)23/h4-6,12,14-18,29-30H,7-8H2,1-3H3/t12-,14+,15-,16+,17?,18-/m1/s1. The Kier molecular flexibility index (Phi) is 7.18. The Balaban J connectivity index is 1.81. The molecule has 1 aromatic rings. The molecule has 1 aromatic carbocycles. The number of rotatable bonds is 5. The minimum Gasteiger partial charge on any atom is -0.496 e. The van der Waals surface area contributed by atoms with Gasteiger partial charge in [0.2, 0.25) is 0 Å². The highest BCUT2D eigenvalue weighted by molar-refractivity contribution is 5.84. The molecule has 186 valence electrons. The Hall–Kier alpha value is -2.09. The molecule has 13 heteroatoms. The topological polar surface area (TPSA) is 83.8 Å². The number of hydrogen-bond donors (Lipinski definition) is 2. The Labute approximate surface area is 185 Å². The molecule has 2 N–H and O–H groups in total. The van der Waals surface area contributed by atoms with Crippen LogP contribution in [0.25, 0.3) is 0 Å². The molecule has 1 unspecified atom stereocenters. The molecule has 2 aliphatic heterocycles. The third-order valence-electron chi connectivity index (χ3n) is 5.57. The largest absolute Gasteiger partial charge is 0.496 e. The van der Waals surface area contributed by atoms with Crippen molar-refractivity contribution < 1.29 is 50.8 Å². The highest BCUT2D eigenvalue weighted by atomic mass is 19.4. The van der Waals surface area contributed by atoms with Gasteiger partial charge in [-0.3, -0.25) is 4.99 Å². The summed E-state index contributed by atoms with van der Waals surface area (Å²) in [5.74, 6) is -0.00367. The average molecular weight is 486 g/mol. The zero-order chi connectivity index (χ0) is 24.7. The average Bonchev–Trinajstić information content (AvgIpc) is 3.14. The first-order valence-corrected chi connectivity index (χ1v) is 9.92. The monoisotopic (exact) mass is 486 g/mol. The molecule has 1 saturated heterocycles. The summed E-state index contributed by atoms with van der Waals surface area (Å²) in [4.78, 5) is 5.83. The number of aliphatic hydroxyl groups is 2. The third-order valence-corrected chi connectivity index (χ3v) is 5.57. The normalized spacial score (nSPS) is 28.8. The van der Waals surface area contributed by atoms with E-state index >= 15 is 0 Å². The number of benzene rings is 1. The summed E-state index contributed by atoms with van der Waals surface area (Å²) in [6.07, 6.45) is -19.0. The van der Waals surface area contributed by atoms with Gasteiger partial charge in [-0.1, -0.05) is 6.07 Å². The molecular formula is C20H24F6N2O5. The van der Waals surface area contributed by atoms with E-state index in [-0.39, 0.29) is 12.0 Å². The van der Waals surface area contributed by atoms with Crippen molar-refractivity contribution in [3.05, 3.63) is 29.3 Å². The lowest BCUT2D eigenvalue weighted by Crippen LogP contribution is -2.62. The first kappa shape index (κ1) is 25.5. The van der Waals surface area contributed by atoms with Crippen molar-refractivity contribution in [1.82, 2.24) is 4.90 Å². The first-order valence-electron chi connectivity index (χ1n) is 9.92. The number of aliphatic imine (C=N–C) groups is 1. The number of fused-ring (bicyclic) bond motifs is 1. The molecule has 2 aliphatic rings. The van der Waals surface area contributed by atoms with Gasteiger partial charge in [-0.15, -0.1) is 0 Å². The van der Waals surface area contributed by atoms with E-state index in [2.05, 4.69) is 9.73 Å². The summed E-state index contributed by atoms with van der Waals surface area (Å²) in [7, 11) is 4.37. The zero-order valence-electron chi connectivity index (χ0n) is 17.9. The second kappa shape index (κ2) is 9.28. The lowest BCUT2D eigenvalue weighted by atomic mass is 9.90. The number of aliphatic hydroxyl groups excluding tert-OH is 2. The maximum absolute atomic E-state index is 13.8. The maximum Gasteiger partial charge on any atom is 0.419 e. The lowest BCUT2D eigenvalue weighted by molar-refractivity contribution is -0.293. The van der Waals surface area contributed by atoms with Gasteiger partial charge in [-0.2, -0.15) is 26.3 Å². The van der Waals surface area contributed by atoms with Crippen molar-refractivity contribution >= 4 is 5.84 Å². The van der Waals surface area contributed by atoms with Crippen LogP contribution in [0.1, 0.15) is 17.5 Å². The van der Waals surface area contributed by atoms with Gasteiger partial charge >= 0.3 is 12.4 Å². The minimum atomic E-state index is -5.04. The highest BCUT2D eigenvalue weighted by Crippen LogP contribution is 2.39. The molecule has 0 aromatic heterocycles. The van der Waals surface area contributed by atoms with Crippen LogP contribution in [0.2, 0.25) is 0 Å². The van der Waals surface area contributed by atoms with E-state index in [4.69, 9.17) is 9.47 Å². The molecule has 7 nitrogen and oxygen atoms in total. The van der Waals surface area contributed by atoms with E-state index in [9.17, 15) is 36.6 Å². The van der Waals surface area contributed by atoms with Crippen molar-refractivity contribution in [1.29, 1.82) is 0 Å². The van der Waals surface area contributed by atoms with Crippen LogP contribution in [0, 0.1) is 0 Å². The molecule has 0 spiro atoms. The Morgan fingerprint density at radius 3 is 2.36 bits per heavy atom. The van der Waals surface area contributed by atoms with Gasteiger partial charge < -0.3 is 29.3 Å². The van der Waals surface area contributed by atoms with Crippen LogP contribution < -0.4 is 4.74 Å². The van der Waals surface area contributed by atoms with Crippen molar-refractivity contribution in [3.63, 3.8) is 0 Å². The summed E-state index contributed by atoms with van der Waals surface area (Å²) >= 11 is 0. The minimum absolute atomic E-state index is 0.121. The number of methoxy groups -OCH3 is 1. The van der Waals surface area contributed by atoms with E-state index in [1.165, 1.54) is 0 Å². The maximum atomic E-state index is 13.8. The number of amidine groups is 1. The van der Waals surface area contributed by atoms with E-state index < -0.39 is 66.8 Å². The Morgan fingerprint density at radius 1 is 1.15 bits per heavy atom. The first-order chi connectivity index (χ1) is 15.2. The van der Waals surface area contributed by atoms with Gasteiger partial charge in [0.1, 0.15) is 35.9 Å². The third kappa shape index (κ3) is 5.36. The number of nitrogens with zero attached hydrogens (tertiary/aromatic N) is 2. The van der Waals surface area contributed by atoms with Gasteiger partial charge in [0.15, 0.2) is 6.10 Å². The molecule has 1 fully saturated rings. The summed E-state index contributed by atoms with van der Waals surface area (Å²) in [5.41, 5.74) is -1.36. The van der Waals surface area contributed by atoms with Crippen LogP contribution in [0.4, 0.5) is 26.3 Å². The zero-order valence-corrected chi connectivity index (χ0v) is 17.9. The number of ether oxygens (including phenoxy) is 3. The smallest absolute Gasteiger partial charge is 0.419 e. The Morgan fingerprint density at radius 2 is 1.82 bits per heavy atom. The summed E-state index contributed by atoms with van der Waals surface area (Å²) < 4.78 is 96.1. The fraction of sp³-hybridized carbons (Fsp3) is 0.650. The summed E-state index contributed by atoms with van der Waals surface area (Å²) in [6.45, 7) is -0.854. The highest BCUT2D eigenvalue weighted by Gasteiger charge is 2.56. The van der Waals surface area contributed by atoms with Crippen molar-refractivity contribution in [2.75, 3.05) is 21.2 Å². The SMILES string of the molecule is COc1ccc(CO[C@H](C2O[C@@H]3CC(N(C)C)=N[C@@H]3[C@@H](O)[C@@H]2O)C(F)(F)F)cc1C(F)(F)F. The van der Waals surface area contributed by atoms with Crippen LogP contribution in [0.15, 0.2) is 23.2 Å². The molecule has 3 rings (SSSR count). The molecule has 0 amide bonds. The van der Waals surface area contributed by atoms with E-state index in [1.54, 1.807) is 19.0 Å². The predicted molar refractivity (Wildman–Crippen MR) is 103 cm³/mol. The van der Waals surface area contributed by atoms with Crippen molar-refractivity contribution in [2.24, 2.45) is 4.99 Å². The number of alkyl halides is 6. The molecule has 6 atom stereocenters. The predicted octanol–water partition coefficient (Wildman–Crippen LogP) is 2.38. The van der Waals surface area contributed by atoms with Crippen molar-refractivity contribution in [3.8, 4) is 5.75 Å². The number of halogens is 6. The molecule has 0 aliphatic carbocycles. The van der Waals surface area contributed by atoms with Gasteiger partial charge in [0, 0.05) is 20.5 Å². The second-order valence-electron chi connectivity index (χ2n) is 8.06. The van der Waals surface area contributed by atoms with Crippen LogP contribution in [-0.4, -0.2) is 84.9 Å². The molecular weight excluding hydrogens is 462 g/mol. The van der Waals surface area contributed by atoms with Crippen LogP contribution >= 0.6 is 0 Å². The van der Waals surface area contributed by atoms with Crippen LogP contribution in [-0.2, 0) is 22.3 Å². The fourth-order valence-electron chi connectivity index (χ4n) is 3.89. The molecule has 2 heterocycles. The summed E-state index contributed by atoms with van der Waals surface area (Å²) in [5, 5.41) is 20.7. The summed E-state index contributed by atoms with van der Waals surface area (Å²) in [6, 6.07) is 1.80. The van der Waals surface area contributed by atoms with Gasteiger partial charge in [-0.05, 0) is 17.7 Å².